The Morgan fingerprint density at radius 2 is 0.621 bits per heavy atom. The van der Waals surface area contributed by atoms with Gasteiger partial charge in [0, 0.05) is 36.0 Å². The Hall–Kier alpha value is -2.41. The van der Waals surface area contributed by atoms with E-state index in [9.17, 15) is 20.4 Å². The van der Waals surface area contributed by atoms with Gasteiger partial charge in [0.2, 0.25) is 0 Å². The van der Waals surface area contributed by atoms with Crippen molar-refractivity contribution < 1.29 is 49.3 Å². The lowest BCUT2D eigenvalue weighted by Crippen LogP contribution is -2.64. The lowest BCUT2D eigenvalue weighted by molar-refractivity contribution is -0.210. The highest BCUT2D eigenvalue weighted by Gasteiger charge is 2.72. The number of nitrogens with two attached hydrogens (primary N) is 3. The molecule has 0 aromatic rings. The summed E-state index contributed by atoms with van der Waals surface area (Å²) >= 11 is 0. The first-order valence-electron chi connectivity index (χ1n) is 44.4. The zero-order valence-electron chi connectivity index (χ0n) is 70.5. The molecule has 18 rings (SSSR count). The van der Waals surface area contributed by atoms with Crippen LogP contribution in [0.15, 0.2) is 51.7 Å². The number of allylic oxidation sites excluding steroid dienone is 8. The van der Waals surface area contributed by atoms with Gasteiger partial charge in [-0.15, -0.1) is 12.4 Å². The summed E-state index contributed by atoms with van der Waals surface area (Å²) in [4.78, 5) is 12.1. The van der Waals surface area contributed by atoms with Gasteiger partial charge in [-0.05, 0) is 379 Å². The van der Waals surface area contributed by atoms with Crippen molar-refractivity contribution in [2.24, 2.45) is 160 Å². The normalized spacial score (nSPS) is 51.6. The third kappa shape index (κ3) is 16.4. The number of aliphatic hydroxyl groups excluding tert-OH is 4. The van der Waals surface area contributed by atoms with Gasteiger partial charge in [-0.1, -0.05) is 159 Å². The first-order chi connectivity index (χ1) is 50.8. The first kappa shape index (κ1) is 102. The summed E-state index contributed by atoms with van der Waals surface area (Å²) in [5.74, 6) is 6.29. The third-order valence-corrected chi connectivity index (χ3v) is 37.7. The van der Waals surface area contributed by atoms with Gasteiger partial charge in [-0.3, -0.25) is 4.79 Å². The molecule has 16 unspecified atom stereocenters. The molecule has 36 atom stereocenters. The molecule has 17 heteroatoms. The molecule has 18 aliphatic rings. The molecule has 672 valence electrons. The summed E-state index contributed by atoms with van der Waals surface area (Å²) in [5, 5.41) is 55.8. The standard InChI is InChI=1S/C24H37N3O2.C24H39NO2.2C21H35NO2.C2H4O2.7CH4.ClH/c1-6-14-7-8-16-19-17(10-12-23(14,16)4)24(5)11-9-15(26-27-25)13-18(24)20-21(19)29-22(2,3)28-20;1-6-14-7-8-16-19-17(10-12-23(14,16)4)24(5)11-9-15(25)13-18(24)20-21(19)27-22(2,3)26-20;2*1-4-12-5-6-14-17-15(8-10-20(12,14)2)21(3)9-7-13(22)11-16(21)18(23)19(17)24;1-2(3)4;;;;;;;;/h6,15-21H,7-13H2,1-5H3;6,15-21H,7-13,25H2,1-5H3;2*4,13-19,23-24H,5-11,22H2,1-3H3;1H3,(H,3,4);7*1H4;1H/b2*14-6-;2*12-4-;;;;;;;;;/t2*15-,16?,17?,18?,19?,20+,21+,23+,24+;2*13-,14?,15?,16?,17?,18+,19+,20+,21+;;;;;;;;;/m0000........./s1. The molecule has 18 fully saturated rings. The molecule has 116 heavy (non-hydrogen) atoms. The van der Waals surface area contributed by atoms with E-state index >= 15 is 0 Å². The van der Waals surface area contributed by atoms with Crippen LogP contribution in [0.25, 0.3) is 10.4 Å². The molecule has 0 bridgehead atoms. The average molecular weight is 1650 g/mol. The van der Waals surface area contributed by atoms with Crippen molar-refractivity contribution in [1.29, 1.82) is 0 Å². The molecule has 16 aliphatic carbocycles. The second kappa shape index (κ2) is 37.0. The van der Waals surface area contributed by atoms with Crippen molar-refractivity contribution in [2.45, 2.75) is 434 Å². The van der Waals surface area contributed by atoms with E-state index in [2.05, 4.69) is 145 Å². The minimum Gasteiger partial charge on any atom is -0.481 e. The van der Waals surface area contributed by atoms with Gasteiger partial charge in [0.1, 0.15) is 0 Å². The molecule has 0 amide bonds. The van der Waals surface area contributed by atoms with Crippen molar-refractivity contribution in [3.05, 3.63) is 57.0 Å². The Balaban J connectivity index is 0.000000232. The predicted octanol–water partition coefficient (Wildman–Crippen LogP) is 22.9. The number of aliphatic carboxylic acids is 1. The van der Waals surface area contributed by atoms with E-state index in [0.29, 0.717) is 81.5 Å². The molecule has 0 spiro atoms. The van der Waals surface area contributed by atoms with Gasteiger partial charge in [0.25, 0.3) is 5.97 Å². The Morgan fingerprint density at radius 1 is 0.371 bits per heavy atom. The van der Waals surface area contributed by atoms with Crippen molar-refractivity contribution >= 4 is 18.4 Å². The maximum absolute atomic E-state index is 11.1. The highest BCUT2D eigenvalue weighted by molar-refractivity contribution is 5.85. The molecular weight excluding hydrogens is 1470 g/mol. The van der Waals surface area contributed by atoms with E-state index in [1.807, 2.05) is 0 Å². The van der Waals surface area contributed by atoms with Crippen LogP contribution in [0.4, 0.5) is 0 Å². The Bertz CT molecular complexity index is 3410. The minimum atomic E-state index is -0.833. The van der Waals surface area contributed by atoms with Crippen LogP contribution < -0.4 is 17.2 Å². The Morgan fingerprint density at radius 3 is 0.914 bits per heavy atom. The summed E-state index contributed by atoms with van der Waals surface area (Å²) < 4.78 is 26.6. The molecule has 11 N–H and O–H groups in total. The predicted molar refractivity (Wildman–Crippen MR) is 481 cm³/mol. The van der Waals surface area contributed by atoms with E-state index in [-0.39, 0.29) is 158 Å². The maximum Gasteiger partial charge on any atom is 0.300 e. The number of ether oxygens (including phenoxy) is 4. The number of carboxylic acids is 1. The number of hydrogen-bond donors (Lipinski definition) is 8. The molecule has 0 radical (unpaired) electrons. The number of hydrogen-bond acceptors (Lipinski definition) is 13. The molecule has 16 nitrogen and oxygen atoms in total. The number of carbonyl (C=O) groups is 1. The van der Waals surface area contributed by atoms with E-state index in [1.54, 1.807) is 22.3 Å². The number of carboxylic acid groups (broad SMARTS) is 1. The summed E-state index contributed by atoms with van der Waals surface area (Å²) in [6, 6.07) is 0.827. The molecule has 16 saturated carbocycles. The zero-order valence-corrected chi connectivity index (χ0v) is 71.3. The van der Waals surface area contributed by atoms with E-state index in [0.717, 1.165) is 83.0 Å². The first-order valence-corrected chi connectivity index (χ1v) is 44.4. The van der Waals surface area contributed by atoms with Crippen LogP contribution in [0, 0.1) is 138 Å². The fourth-order valence-corrected chi connectivity index (χ4v) is 32.4. The van der Waals surface area contributed by atoms with Crippen LogP contribution >= 0.6 is 12.4 Å². The summed E-state index contributed by atoms with van der Waals surface area (Å²) in [6.45, 7) is 38.1. The van der Waals surface area contributed by atoms with Crippen molar-refractivity contribution in [3.63, 3.8) is 0 Å². The van der Waals surface area contributed by atoms with Crippen molar-refractivity contribution in [3.8, 4) is 0 Å². The molecule has 0 aromatic carbocycles. The maximum atomic E-state index is 11.1. The van der Waals surface area contributed by atoms with Crippen molar-refractivity contribution in [2.75, 3.05) is 0 Å². The van der Waals surface area contributed by atoms with E-state index in [1.165, 1.54) is 116 Å². The quantitative estimate of drug-likeness (QED) is 0.0525. The van der Waals surface area contributed by atoms with Crippen molar-refractivity contribution in [1.82, 2.24) is 0 Å². The largest absolute Gasteiger partial charge is 0.481 e. The van der Waals surface area contributed by atoms with Gasteiger partial charge < -0.3 is 61.7 Å². The molecule has 0 aromatic heterocycles. The number of rotatable bonds is 1. The van der Waals surface area contributed by atoms with Crippen LogP contribution in [0.2, 0.25) is 0 Å². The van der Waals surface area contributed by atoms with Gasteiger partial charge in [0.15, 0.2) is 11.6 Å². The van der Waals surface area contributed by atoms with Crippen LogP contribution in [-0.4, -0.2) is 116 Å². The molecular formula is C99H179ClN6O10. The fourth-order valence-electron chi connectivity index (χ4n) is 32.4. The monoisotopic (exact) mass is 1650 g/mol. The lowest BCUT2D eigenvalue weighted by Gasteiger charge is -2.63. The second-order valence-corrected chi connectivity index (χ2v) is 42.7. The lowest BCUT2D eigenvalue weighted by atomic mass is 9.43. The van der Waals surface area contributed by atoms with Crippen LogP contribution in [0.5, 0.6) is 0 Å². The van der Waals surface area contributed by atoms with Crippen LogP contribution in [0.3, 0.4) is 0 Å². The topological polar surface area (TPSA) is 282 Å². The van der Waals surface area contributed by atoms with Gasteiger partial charge in [0.05, 0.1) is 48.8 Å². The van der Waals surface area contributed by atoms with E-state index < -0.39 is 42.0 Å². The minimum absolute atomic E-state index is 0. The summed E-state index contributed by atoms with van der Waals surface area (Å²) in [6.07, 6.45) is 40.8. The van der Waals surface area contributed by atoms with Crippen LogP contribution in [0.1, 0.15) is 349 Å². The molecule has 2 heterocycles. The Labute approximate surface area is 715 Å². The molecule has 2 aliphatic heterocycles. The van der Waals surface area contributed by atoms with Gasteiger partial charge >= 0.3 is 0 Å². The summed E-state index contributed by atoms with van der Waals surface area (Å²) in [7, 11) is 0. The van der Waals surface area contributed by atoms with Gasteiger partial charge in [-0.2, -0.15) is 0 Å². The highest BCUT2D eigenvalue weighted by Crippen LogP contribution is 2.74. The number of aliphatic hydroxyl groups is 4. The Kier molecular flexibility index (Phi) is 32.7. The third-order valence-electron chi connectivity index (χ3n) is 37.7. The average Bonchev–Trinajstić information content (AvgIpc) is 1.50. The summed E-state index contributed by atoms with van der Waals surface area (Å²) in [5.41, 5.74) is 36.6. The zero-order chi connectivity index (χ0) is 77.9. The highest BCUT2D eigenvalue weighted by atomic mass is 35.5. The number of azide groups is 1. The SMILES string of the molecule is C.C.C.C.C.C.C.C/C=C1/CCC2C3C(CC[C@]12C)[C@@]1(C)CC[C@H](N)CC1[C@@H](O)[C@@H]3O.C/C=C1/CCC2C3C(CC[C@]12C)[C@@]1(C)CC[C@H](N)CC1[C@@H](O)[C@@H]3O.C/C=C1/CCC2C3C(CC[C@]12C)[C@@]1(C)CC[C@H](N)CC1[C@H]1OC(C)(C)O[C@H]31.C/C=C1/CCC2C3C(CC[C@]12C)[C@@]1(C)CC[C@H](N=[N+]=[N-])CC1[C@H]1OC(C)(C)O[C@H]31.CC(=O)O.Cl. The molecule has 2 saturated heterocycles. The number of nitrogens with zero attached hydrogens (tertiary/aromatic N) is 3. The second-order valence-electron chi connectivity index (χ2n) is 42.7. The number of fused-ring (bicyclic) bond motifs is 26. The van der Waals surface area contributed by atoms with E-state index in [4.69, 9.17) is 51.6 Å². The van der Waals surface area contributed by atoms with Gasteiger partial charge in [-0.25, -0.2) is 0 Å². The smallest absolute Gasteiger partial charge is 0.300 e. The fraction of sp³-hybridized carbons (Fsp3) is 0.909. The number of halogens is 1. The van der Waals surface area contributed by atoms with Crippen LogP contribution in [-0.2, 0) is 23.7 Å².